The Bertz CT molecular complexity index is 2040. The highest BCUT2D eigenvalue weighted by molar-refractivity contribution is 8.13. The van der Waals surface area contributed by atoms with Crippen LogP contribution in [0.1, 0.15) is 144 Å². The van der Waals surface area contributed by atoms with Crippen molar-refractivity contribution >= 4 is 89.4 Å². The van der Waals surface area contributed by atoms with Gasteiger partial charge in [-0.2, -0.15) is 31.8 Å². The SMILES string of the molecule is CC(C)[C@H](C)[C@]1(C(=O)O)C(=O)[C@@H](C)C(=O)N1C(=O)OC(C)(C)C.CC(C)[C@H](C)[C@]1(C(=O)O)[C@@H](O)[C@@H](C)C(=O)N1C(=O)OC(C)(C)C.CCCS.CCCSC(=O)[C@]1([C@@H](O)C(C)C)NC(=O)[C@H](C)[C@@H]1O.O=C=O.O=C=O. The van der Waals surface area contributed by atoms with Gasteiger partial charge in [0.05, 0.1) is 30.0 Å². The van der Waals surface area contributed by atoms with E-state index in [0.717, 1.165) is 23.9 Å². The second-order valence-electron chi connectivity index (χ2n) is 21.2. The fraction of sp³-hybridized carbons (Fsp3) is 0.780. The molecule has 11 atom stereocenters. The van der Waals surface area contributed by atoms with Gasteiger partial charge < -0.3 is 40.3 Å². The molecule has 3 fully saturated rings. The standard InChI is InChI=1S/C16H27NO6.C16H25NO6.C13H23NO4S.C3H8S.2CO2/c2*1-8(2)10(4)16(13(20)21)11(18)9(3)12(19)17(16)14(22)23-15(5,6)7;1-5-6-19-12(18)13(9(15)7(2)3)10(16)8(4)11(17)14-13;1-2-3-4;2*2-1-3/h8-11,18H,1-7H3,(H,20,21);8-10H,1-7H3,(H,20,21);7-10,15-16H,5-6H2,1-4H3,(H,14,17);4H,2-3H2,1H3;;/t9-,10+,11+,16-;9-,10+,16-;8-,9+,10+,13-;;;/m111.../s1. The summed E-state index contributed by atoms with van der Waals surface area (Å²) >= 11 is 4.97. The maximum absolute atomic E-state index is 12.7. The second kappa shape index (κ2) is 31.3. The first-order chi connectivity index (χ1) is 34.1. The summed E-state index contributed by atoms with van der Waals surface area (Å²) in [6.07, 6.45) is -3.46. The molecular weight excluding hydrogens is 1030 g/mol. The number of aliphatic hydroxyl groups is 3. The molecule has 23 nitrogen and oxygen atoms in total. The van der Waals surface area contributed by atoms with E-state index in [1.54, 1.807) is 104 Å². The van der Waals surface area contributed by atoms with Gasteiger partial charge in [-0.3, -0.25) is 24.0 Å². The van der Waals surface area contributed by atoms with Gasteiger partial charge in [-0.25, -0.2) is 29.0 Å². The topological polar surface area (TPSA) is 360 Å². The highest BCUT2D eigenvalue weighted by Crippen LogP contribution is 2.45. The van der Waals surface area contributed by atoms with E-state index < -0.39 is 123 Å². The van der Waals surface area contributed by atoms with E-state index in [-0.39, 0.29) is 35.2 Å². The van der Waals surface area contributed by atoms with Crippen LogP contribution in [0.4, 0.5) is 9.59 Å². The number of ether oxygens (including phenoxy) is 2. The number of hydrogen-bond acceptors (Lipinski definition) is 20. The number of nitrogens with one attached hydrogen (secondary N) is 1. The molecule has 0 spiro atoms. The molecule has 0 aromatic heterocycles. The number of thioether (sulfide) groups is 1. The molecule has 5 amide bonds. The number of amides is 5. The predicted molar refractivity (Wildman–Crippen MR) is 273 cm³/mol. The Kier molecular flexibility index (Phi) is 30.9. The van der Waals surface area contributed by atoms with Gasteiger partial charge in [0, 0.05) is 11.7 Å². The fourth-order valence-electron chi connectivity index (χ4n) is 8.06. The van der Waals surface area contributed by atoms with Gasteiger partial charge in [0.2, 0.25) is 28.4 Å². The number of likely N-dealkylation sites (tertiary alicyclic amines) is 2. The minimum absolute atomic E-state index is 0.177. The van der Waals surface area contributed by atoms with Crippen LogP contribution in [-0.2, 0) is 62.2 Å². The Morgan fingerprint density at radius 3 is 1.37 bits per heavy atom. The molecule has 3 aliphatic rings. The van der Waals surface area contributed by atoms with E-state index in [0.29, 0.717) is 15.6 Å². The van der Waals surface area contributed by atoms with Crippen LogP contribution in [-0.4, -0.2) is 158 Å². The summed E-state index contributed by atoms with van der Waals surface area (Å²) in [5.41, 5.74) is -7.65. The van der Waals surface area contributed by atoms with E-state index in [4.69, 9.17) is 28.7 Å². The zero-order valence-electron chi connectivity index (χ0n) is 46.8. The largest absolute Gasteiger partial charge is 0.479 e. The Morgan fingerprint density at radius 2 is 1.08 bits per heavy atom. The molecule has 0 aromatic rings. The summed E-state index contributed by atoms with van der Waals surface area (Å²) in [7, 11) is 0. The molecule has 430 valence electrons. The van der Waals surface area contributed by atoms with Crippen molar-refractivity contribution in [2.45, 2.75) is 191 Å². The summed E-state index contributed by atoms with van der Waals surface area (Å²) in [5.74, 6) is -9.00. The molecular formula is C50H83N3O20S2. The first-order valence-corrected chi connectivity index (χ1v) is 26.0. The molecule has 25 heteroatoms. The number of aliphatic hydroxyl groups excluding tert-OH is 3. The predicted octanol–water partition coefficient (Wildman–Crippen LogP) is 4.66. The van der Waals surface area contributed by atoms with Crippen LogP contribution in [0.3, 0.4) is 0 Å². The van der Waals surface area contributed by atoms with Crippen LogP contribution >= 0.6 is 24.4 Å². The lowest BCUT2D eigenvalue weighted by Crippen LogP contribution is -2.64. The van der Waals surface area contributed by atoms with Crippen molar-refractivity contribution in [3.05, 3.63) is 0 Å². The highest BCUT2D eigenvalue weighted by Gasteiger charge is 2.69. The number of thiol groups is 1. The van der Waals surface area contributed by atoms with Gasteiger partial charge in [0.25, 0.3) is 0 Å². The van der Waals surface area contributed by atoms with Crippen LogP contribution in [0.25, 0.3) is 0 Å². The molecule has 0 saturated carbocycles. The third-order valence-corrected chi connectivity index (χ3v) is 14.2. The Morgan fingerprint density at radius 1 is 0.680 bits per heavy atom. The number of ketones is 1. The summed E-state index contributed by atoms with van der Waals surface area (Å²) in [4.78, 5) is 144. The molecule has 3 aliphatic heterocycles. The molecule has 3 rings (SSSR count). The van der Waals surface area contributed by atoms with Crippen LogP contribution < -0.4 is 5.32 Å². The second-order valence-corrected chi connectivity index (χ2v) is 22.7. The molecule has 0 radical (unpaired) electrons. The third-order valence-electron chi connectivity index (χ3n) is 12.6. The zero-order chi connectivity index (χ0) is 60.3. The highest BCUT2D eigenvalue weighted by atomic mass is 32.2. The van der Waals surface area contributed by atoms with Crippen LogP contribution in [0.5, 0.6) is 0 Å². The molecule has 0 unspecified atom stereocenters. The number of carbonyl (C=O) groups is 9. The van der Waals surface area contributed by atoms with Crippen LogP contribution in [0, 0.1) is 47.3 Å². The Labute approximate surface area is 449 Å². The molecule has 3 saturated heterocycles. The minimum atomic E-state index is -2.23. The molecule has 75 heavy (non-hydrogen) atoms. The number of nitrogens with zero attached hydrogens (tertiary/aromatic N) is 2. The number of carboxylic acids is 2. The van der Waals surface area contributed by atoms with Crippen molar-refractivity contribution in [2.75, 3.05) is 11.5 Å². The zero-order valence-corrected chi connectivity index (χ0v) is 48.5. The summed E-state index contributed by atoms with van der Waals surface area (Å²) in [5, 5.41) is 53.0. The van der Waals surface area contributed by atoms with E-state index >= 15 is 0 Å². The minimum Gasteiger partial charge on any atom is -0.479 e. The van der Waals surface area contributed by atoms with Gasteiger partial charge >= 0.3 is 36.4 Å². The lowest BCUT2D eigenvalue weighted by atomic mass is 9.73. The number of carboxylic acid groups (broad SMARTS) is 2. The monoisotopic (exact) mass is 1110 g/mol. The molecule has 0 bridgehead atoms. The quantitative estimate of drug-likeness (QED) is 0.103. The van der Waals surface area contributed by atoms with E-state index in [9.17, 15) is 68.7 Å². The van der Waals surface area contributed by atoms with Crippen LogP contribution in [0.15, 0.2) is 0 Å². The summed E-state index contributed by atoms with van der Waals surface area (Å²) in [6.45, 7) is 31.8. The van der Waals surface area contributed by atoms with Gasteiger partial charge in [-0.15, -0.1) is 0 Å². The lowest BCUT2D eigenvalue weighted by molar-refractivity contribution is -0.193. The van der Waals surface area contributed by atoms with E-state index in [1.807, 2.05) is 6.92 Å². The van der Waals surface area contributed by atoms with E-state index in [1.165, 1.54) is 20.3 Å². The first-order valence-electron chi connectivity index (χ1n) is 24.4. The van der Waals surface area contributed by atoms with Gasteiger partial charge in [0.15, 0.2) is 16.9 Å². The lowest BCUT2D eigenvalue weighted by Gasteiger charge is -2.41. The average molecular weight is 1110 g/mol. The number of hydrogen-bond donors (Lipinski definition) is 7. The number of imide groups is 2. The van der Waals surface area contributed by atoms with Crippen molar-refractivity contribution in [1.82, 2.24) is 15.1 Å². The van der Waals surface area contributed by atoms with Gasteiger partial charge in [-0.1, -0.05) is 94.8 Å². The summed E-state index contributed by atoms with van der Waals surface area (Å²) < 4.78 is 10.4. The van der Waals surface area contributed by atoms with Crippen molar-refractivity contribution in [3.8, 4) is 0 Å². The molecule has 0 aromatic carbocycles. The molecule has 6 N–H and O–H groups in total. The van der Waals surface area contributed by atoms with Crippen LogP contribution in [0.2, 0.25) is 0 Å². The van der Waals surface area contributed by atoms with Gasteiger partial charge in [-0.05, 0) is 90.7 Å². The van der Waals surface area contributed by atoms with Crippen molar-refractivity contribution in [3.63, 3.8) is 0 Å². The fourth-order valence-corrected chi connectivity index (χ4v) is 8.98. The van der Waals surface area contributed by atoms with Crippen molar-refractivity contribution in [1.29, 1.82) is 0 Å². The average Bonchev–Trinajstić information content (AvgIpc) is 3.74. The van der Waals surface area contributed by atoms with Crippen molar-refractivity contribution in [2.24, 2.45) is 47.3 Å². The Balaban J connectivity index is -0.000000952. The van der Waals surface area contributed by atoms with Gasteiger partial charge in [0.1, 0.15) is 17.3 Å². The first kappa shape index (κ1) is 74.2. The Hall–Kier alpha value is -5.03. The normalized spacial score (nSPS) is 26.1. The smallest absolute Gasteiger partial charge is 0.418 e. The molecule has 0 aliphatic carbocycles. The summed E-state index contributed by atoms with van der Waals surface area (Å²) in [6, 6.07) is 0. The van der Waals surface area contributed by atoms with Crippen molar-refractivity contribution < 1.29 is 97.3 Å². The van der Waals surface area contributed by atoms with E-state index in [2.05, 4.69) is 24.9 Å². The number of rotatable bonds is 12. The molecule has 3 heterocycles. The third kappa shape index (κ3) is 17.5. The number of Topliss-reactive ketones (excluding diaryl/α,β-unsaturated/α-hetero) is 1. The number of carbonyl (C=O) groups excluding carboxylic acids is 11. The maximum Gasteiger partial charge on any atom is 0.418 e. The maximum atomic E-state index is 12.7. The number of aliphatic carboxylic acids is 2.